The third-order valence-corrected chi connectivity index (χ3v) is 4.53. The Morgan fingerprint density at radius 3 is 2.70 bits per heavy atom. The van der Waals surface area contributed by atoms with E-state index in [0.29, 0.717) is 29.5 Å². The maximum absolute atomic E-state index is 13.4. The highest BCUT2D eigenvalue weighted by Crippen LogP contribution is 2.26. The van der Waals surface area contributed by atoms with Crippen molar-refractivity contribution in [3.63, 3.8) is 0 Å². The van der Waals surface area contributed by atoms with Gasteiger partial charge in [0.25, 0.3) is 0 Å². The third-order valence-electron chi connectivity index (χ3n) is 3.89. The number of carboxylic acids is 1. The van der Waals surface area contributed by atoms with Gasteiger partial charge < -0.3 is 15.7 Å². The van der Waals surface area contributed by atoms with Crippen LogP contribution in [0.15, 0.2) is 22.7 Å². The molecule has 0 saturated heterocycles. The van der Waals surface area contributed by atoms with Gasteiger partial charge in [-0.2, -0.15) is 0 Å². The lowest BCUT2D eigenvalue weighted by atomic mass is 9.85. The zero-order valence-electron chi connectivity index (χ0n) is 12.7. The number of amides is 2. The van der Waals surface area contributed by atoms with Gasteiger partial charge in [0.15, 0.2) is 0 Å². The molecule has 0 atom stereocenters. The maximum Gasteiger partial charge on any atom is 0.319 e. The van der Waals surface area contributed by atoms with Gasteiger partial charge in [-0.15, -0.1) is 0 Å². The quantitative estimate of drug-likeness (QED) is 0.700. The van der Waals surface area contributed by atoms with Gasteiger partial charge in [-0.1, -0.05) is 6.92 Å². The van der Waals surface area contributed by atoms with Crippen LogP contribution in [0.2, 0.25) is 0 Å². The summed E-state index contributed by atoms with van der Waals surface area (Å²) in [4.78, 5) is 24.5. The van der Waals surface area contributed by atoms with Crippen molar-refractivity contribution >= 4 is 33.6 Å². The van der Waals surface area contributed by atoms with E-state index < -0.39 is 17.8 Å². The Labute approximate surface area is 142 Å². The molecule has 3 N–H and O–H groups in total. The molecule has 8 heteroatoms. The monoisotopic (exact) mass is 387 g/mol. The van der Waals surface area contributed by atoms with Crippen LogP contribution in [0, 0.1) is 5.82 Å². The predicted octanol–water partition coefficient (Wildman–Crippen LogP) is 2.65. The summed E-state index contributed by atoms with van der Waals surface area (Å²) in [6.45, 7) is 2.59. The molecule has 0 spiro atoms. The van der Waals surface area contributed by atoms with Crippen molar-refractivity contribution in [2.75, 3.05) is 18.4 Å². The second-order valence-corrected chi connectivity index (χ2v) is 6.36. The summed E-state index contributed by atoms with van der Waals surface area (Å²) in [7, 11) is 0. The van der Waals surface area contributed by atoms with E-state index in [4.69, 9.17) is 5.11 Å². The summed E-state index contributed by atoms with van der Waals surface area (Å²) >= 11 is 3.05. The van der Waals surface area contributed by atoms with Crippen LogP contribution in [0.1, 0.15) is 19.8 Å². The minimum Gasteiger partial charge on any atom is -0.480 e. The fraction of sp³-hybridized carbons (Fsp3) is 0.467. The number of carboxylic acid groups (broad SMARTS) is 1. The van der Waals surface area contributed by atoms with Crippen molar-refractivity contribution in [2.45, 2.75) is 31.8 Å². The van der Waals surface area contributed by atoms with Gasteiger partial charge in [-0.3, -0.25) is 9.69 Å². The Hall–Kier alpha value is -1.67. The van der Waals surface area contributed by atoms with Gasteiger partial charge in [0, 0.05) is 17.8 Å². The molecule has 2 rings (SSSR count). The van der Waals surface area contributed by atoms with Crippen molar-refractivity contribution in [3.8, 4) is 0 Å². The number of carbonyl (C=O) groups is 2. The molecule has 1 saturated carbocycles. The van der Waals surface area contributed by atoms with Gasteiger partial charge in [0.2, 0.25) is 0 Å². The van der Waals surface area contributed by atoms with E-state index in [2.05, 4.69) is 26.6 Å². The molecule has 0 radical (unpaired) electrons. The van der Waals surface area contributed by atoms with Crippen LogP contribution in [-0.4, -0.2) is 47.2 Å². The average Bonchev–Trinajstić information content (AvgIpc) is 2.44. The Morgan fingerprint density at radius 2 is 2.13 bits per heavy atom. The summed E-state index contributed by atoms with van der Waals surface area (Å²) in [5.74, 6) is -1.29. The first-order valence-electron chi connectivity index (χ1n) is 7.37. The van der Waals surface area contributed by atoms with Gasteiger partial charge in [0.1, 0.15) is 5.82 Å². The highest BCUT2D eigenvalue weighted by molar-refractivity contribution is 9.10. The van der Waals surface area contributed by atoms with Crippen molar-refractivity contribution < 1.29 is 19.1 Å². The summed E-state index contributed by atoms with van der Waals surface area (Å²) < 4.78 is 13.7. The normalized spacial score (nSPS) is 20.0. The molecule has 0 bridgehead atoms. The van der Waals surface area contributed by atoms with Crippen molar-refractivity contribution in [1.82, 2.24) is 10.2 Å². The number of benzene rings is 1. The molecule has 6 nitrogen and oxygen atoms in total. The smallest absolute Gasteiger partial charge is 0.319 e. The van der Waals surface area contributed by atoms with Crippen LogP contribution >= 0.6 is 15.9 Å². The van der Waals surface area contributed by atoms with Crippen molar-refractivity contribution in [2.24, 2.45) is 0 Å². The minimum absolute atomic E-state index is 0.00291. The molecule has 23 heavy (non-hydrogen) atoms. The molecule has 126 valence electrons. The molecule has 2 amide bonds. The fourth-order valence-corrected chi connectivity index (χ4v) is 2.85. The van der Waals surface area contributed by atoms with Gasteiger partial charge in [-0.25, -0.2) is 9.18 Å². The lowest BCUT2D eigenvalue weighted by Crippen LogP contribution is -2.55. The van der Waals surface area contributed by atoms with Crippen molar-refractivity contribution in [1.29, 1.82) is 0 Å². The molecule has 0 heterocycles. The number of nitrogens with zero attached hydrogens (tertiary/aromatic N) is 1. The number of hydrogen-bond donors (Lipinski definition) is 3. The van der Waals surface area contributed by atoms with Gasteiger partial charge in [-0.05, 0) is 53.5 Å². The standard InChI is InChI=1S/C15H19BrFN3O3/c1-2-20(8-14(21)22)11-5-10(6-11)19-15(23)18-9-3-4-12(16)13(17)7-9/h3-4,7,10-11H,2,5-6,8H2,1H3,(H,21,22)(H2,18,19,23). The second kappa shape index (κ2) is 7.74. The molecular formula is C15H19BrFN3O3. The number of aliphatic carboxylic acids is 1. The summed E-state index contributed by atoms with van der Waals surface area (Å²) in [6.07, 6.45) is 1.42. The number of halogens is 2. The number of nitrogens with one attached hydrogen (secondary N) is 2. The van der Waals surface area contributed by atoms with Crippen molar-refractivity contribution in [3.05, 3.63) is 28.5 Å². The minimum atomic E-state index is -0.849. The van der Waals surface area contributed by atoms with Gasteiger partial charge >= 0.3 is 12.0 Å². The summed E-state index contributed by atoms with van der Waals surface area (Å²) in [6, 6.07) is 4.14. The Balaban J connectivity index is 1.77. The maximum atomic E-state index is 13.4. The molecule has 0 unspecified atom stereocenters. The summed E-state index contributed by atoms with van der Waals surface area (Å²) in [5.41, 5.74) is 0.375. The molecule has 1 aromatic carbocycles. The van der Waals surface area contributed by atoms with Crippen LogP contribution < -0.4 is 10.6 Å². The molecule has 1 fully saturated rings. The molecule has 1 aliphatic carbocycles. The molecule has 1 aliphatic rings. The lowest BCUT2D eigenvalue weighted by Gasteiger charge is -2.42. The van der Waals surface area contributed by atoms with E-state index in [9.17, 15) is 14.0 Å². The highest BCUT2D eigenvalue weighted by atomic mass is 79.9. The van der Waals surface area contributed by atoms with E-state index >= 15 is 0 Å². The van der Waals surface area contributed by atoms with E-state index in [1.54, 1.807) is 6.07 Å². The van der Waals surface area contributed by atoms with Crippen LogP contribution in [0.25, 0.3) is 0 Å². The Bertz CT molecular complexity index is 593. The molecule has 1 aromatic rings. The third kappa shape index (κ3) is 4.90. The van der Waals surface area contributed by atoms with Crippen LogP contribution in [0.3, 0.4) is 0 Å². The zero-order chi connectivity index (χ0) is 17.0. The molecule has 0 aromatic heterocycles. The molecular weight excluding hydrogens is 369 g/mol. The first-order valence-corrected chi connectivity index (χ1v) is 8.16. The SMILES string of the molecule is CCN(CC(=O)O)C1CC(NC(=O)Nc2ccc(Br)c(F)c2)C1. The number of anilines is 1. The highest BCUT2D eigenvalue weighted by Gasteiger charge is 2.34. The van der Waals surface area contributed by atoms with Gasteiger partial charge in [0.05, 0.1) is 11.0 Å². The number of urea groups is 1. The van der Waals surface area contributed by atoms with Crippen LogP contribution in [-0.2, 0) is 4.79 Å². The Kier molecular flexibility index (Phi) is 5.95. The lowest BCUT2D eigenvalue weighted by molar-refractivity contribution is -0.139. The number of carbonyl (C=O) groups excluding carboxylic acids is 1. The number of likely N-dealkylation sites (N-methyl/N-ethyl adjacent to an activating group) is 1. The van der Waals surface area contributed by atoms with Crippen LogP contribution in [0.4, 0.5) is 14.9 Å². The first-order chi connectivity index (χ1) is 10.9. The summed E-state index contributed by atoms with van der Waals surface area (Å²) in [5, 5.41) is 14.2. The molecule has 0 aliphatic heterocycles. The van der Waals surface area contributed by atoms with E-state index in [0.717, 1.165) is 0 Å². The van der Waals surface area contributed by atoms with E-state index in [-0.39, 0.29) is 18.6 Å². The van der Waals surface area contributed by atoms with E-state index in [1.807, 2.05) is 11.8 Å². The second-order valence-electron chi connectivity index (χ2n) is 5.51. The fourth-order valence-electron chi connectivity index (χ4n) is 2.60. The number of hydrogen-bond acceptors (Lipinski definition) is 3. The average molecular weight is 388 g/mol. The predicted molar refractivity (Wildman–Crippen MR) is 87.9 cm³/mol. The first kappa shape index (κ1) is 17.7. The zero-order valence-corrected chi connectivity index (χ0v) is 14.3. The largest absolute Gasteiger partial charge is 0.480 e. The Morgan fingerprint density at radius 1 is 1.43 bits per heavy atom. The number of rotatable bonds is 6. The van der Waals surface area contributed by atoms with E-state index in [1.165, 1.54) is 12.1 Å². The topological polar surface area (TPSA) is 81.7 Å². The van der Waals surface area contributed by atoms with Crippen LogP contribution in [0.5, 0.6) is 0 Å².